The summed E-state index contributed by atoms with van der Waals surface area (Å²) in [7, 11) is 0. The molecule has 134 valence electrons. The van der Waals surface area contributed by atoms with Crippen molar-refractivity contribution in [1.29, 1.82) is 0 Å². The van der Waals surface area contributed by atoms with Crippen molar-refractivity contribution < 1.29 is 23.9 Å². The van der Waals surface area contributed by atoms with Crippen LogP contribution >= 0.6 is 0 Å². The number of alkyl carbamates (subject to hydrolysis) is 1. The molecule has 1 atom stereocenters. The first-order chi connectivity index (χ1) is 10.7. The van der Waals surface area contributed by atoms with E-state index in [4.69, 9.17) is 9.47 Å². The molecule has 0 heterocycles. The second-order valence-electron chi connectivity index (χ2n) is 6.28. The minimum atomic E-state index is -0.628. The normalized spacial score (nSPS) is 12.2. The van der Waals surface area contributed by atoms with Crippen LogP contribution in [0.3, 0.4) is 0 Å². The van der Waals surface area contributed by atoms with Crippen molar-refractivity contribution in [2.24, 2.45) is 0 Å². The van der Waals surface area contributed by atoms with E-state index in [2.05, 4.69) is 10.6 Å². The summed E-state index contributed by atoms with van der Waals surface area (Å²) in [6.07, 6.45) is 2.17. The van der Waals surface area contributed by atoms with E-state index in [1.54, 1.807) is 13.8 Å². The predicted octanol–water partition coefficient (Wildman–Crippen LogP) is 2.14. The number of amides is 2. The third kappa shape index (κ3) is 12.4. The number of nitrogens with one attached hydrogen (secondary N) is 2. The highest BCUT2D eigenvalue weighted by molar-refractivity contribution is 5.84. The van der Waals surface area contributed by atoms with E-state index in [0.717, 1.165) is 12.8 Å². The fourth-order valence-corrected chi connectivity index (χ4v) is 1.73. The highest BCUT2D eigenvalue weighted by Crippen LogP contribution is 2.06. The summed E-state index contributed by atoms with van der Waals surface area (Å²) >= 11 is 0. The lowest BCUT2D eigenvalue weighted by Crippen LogP contribution is -2.39. The monoisotopic (exact) mass is 330 g/mol. The molecule has 0 saturated heterocycles. The summed E-state index contributed by atoms with van der Waals surface area (Å²) in [5.41, 5.74) is -0.502. The molecule has 23 heavy (non-hydrogen) atoms. The Morgan fingerprint density at radius 2 is 1.74 bits per heavy atom. The maximum atomic E-state index is 11.7. The van der Waals surface area contributed by atoms with Gasteiger partial charge in [0.25, 0.3) is 0 Å². The maximum absolute atomic E-state index is 11.7. The number of rotatable bonds is 9. The smallest absolute Gasteiger partial charge is 0.407 e. The van der Waals surface area contributed by atoms with Crippen LogP contribution in [0.2, 0.25) is 0 Å². The van der Waals surface area contributed by atoms with Crippen LogP contribution < -0.4 is 10.6 Å². The van der Waals surface area contributed by atoms with E-state index in [1.807, 2.05) is 20.8 Å². The lowest BCUT2D eigenvalue weighted by molar-refractivity contribution is -0.146. The largest absolute Gasteiger partial charge is 0.464 e. The minimum absolute atomic E-state index is 0.175. The summed E-state index contributed by atoms with van der Waals surface area (Å²) < 4.78 is 9.92. The highest BCUT2D eigenvalue weighted by Gasteiger charge is 2.16. The number of carbonyl (C=O) groups excluding carboxylic acids is 3. The first-order valence-corrected chi connectivity index (χ1v) is 8.08. The van der Waals surface area contributed by atoms with Gasteiger partial charge in [-0.15, -0.1) is 0 Å². The third-order valence-electron chi connectivity index (χ3n) is 2.77. The maximum Gasteiger partial charge on any atom is 0.407 e. The molecule has 0 aliphatic heterocycles. The quantitative estimate of drug-likeness (QED) is 0.499. The Balaban J connectivity index is 3.67. The molecule has 0 aromatic heterocycles. The molecule has 0 rings (SSSR count). The summed E-state index contributed by atoms with van der Waals surface area (Å²) in [6.45, 7) is 9.55. The van der Waals surface area contributed by atoms with Crippen molar-refractivity contribution in [3.63, 3.8) is 0 Å². The van der Waals surface area contributed by atoms with Gasteiger partial charge in [0.1, 0.15) is 11.6 Å². The Labute approximate surface area is 138 Å². The lowest BCUT2D eigenvalue weighted by atomic mass is 10.2. The molecule has 2 amide bonds. The van der Waals surface area contributed by atoms with Gasteiger partial charge in [-0.25, -0.2) is 9.59 Å². The van der Waals surface area contributed by atoms with Crippen molar-refractivity contribution in [1.82, 2.24) is 10.6 Å². The SMILES string of the molecule is CCOC(=O)[C@H](C)NC(=O)CCCCCNC(=O)OC(C)(C)C. The van der Waals surface area contributed by atoms with Crippen molar-refractivity contribution >= 4 is 18.0 Å². The number of ether oxygens (including phenoxy) is 2. The Kier molecular flexibility index (Phi) is 10.0. The van der Waals surface area contributed by atoms with E-state index in [0.29, 0.717) is 26.0 Å². The summed E-state index contributed by atoms with van der Waals surface area (Å²) in [5, 5.41) is 5.26. The van der Waals surface area contributed by atoms with Gasteiger partial charge >= 0.3 is 12.1 Å². The minimum Gasteiger partial charge on any atom is -0.464 e. The van der Waals surface area contributed by atoms with Crippen LogP contribution in [0.15, 0.2) is 0 Å². The first kappa shape index (κ1) is 21.2. The van der Waals surface area contributed by atoms with Crippen LogP contribution in [0.4, 0.5) is 4.79 Å². The number of unbranched alkanes of at least 4 members (excludes halogenated alkanes) is 2. The number of hydrogen-bond donors (Lipinski definition) is 2. The van der Waals surface area contributed by atoms with Gasteiger partial charge in [-0.05, 0) is 47.5 Å². The molecule has 7 nitrogen and oxygen atoms in total. The Morgan fingerprint density at radius 3 is 2.30 bits per heavy atom. The van der Waals surface area contributed by atoms with Crippen LogP contribution in [0.1, 0.15) is 60.3 Å². The Morgan fingerprint density at radius 1 is 1.09 bits per heavy atom. The molecule has 2 N–H and O–H groups in total. The molecule has 0 aliphatic rings. The molecule has 0 aliphatic carbocycles. The van der Waals surface area contributed by atoms with Crippen LogP contribution in [0.25, 0.3) is 0 Å². The molecular formula is C16H30N2O5. The predicted molar refractivity (Wildman–Crippen MR) is 86.9 cm³/mol. The summed E-state index contributed by atoms with van der Waals surface area (Å²) in [4.78, 5) is 34.4. The van der Waals surface area contributed by atoms with E-state index in [1.165, 1.54) is 0 Å². The lowest BCUT2D eigenvalue weighted by Gasteiger charge is -2.19. The molecule has 0 bridgehead atoms. The van der Waals surface area contributed by atoms with Gasteiger partial charge in [0.2, 0.25) is 5.91 Å². The molecule has 0 aromatic carbocycles. The van der Waals surface area contributed by atoms with Crippen LogP contribution in [0.5, 0.6) is 0 Å². The molecule has 0 fully saturated rings. The topological polar surface area (TPSA) is 93.7 Å². The van der Waals surface area contributed by atoms with Gasteiger partial charge in [-0.1, -0.05) is 6.42 Å². The molecular weight excluding hydrogens is 300 g/mol. The van der Waals surface area contributed by atoms with Gasteiger partial charge < -0.3 is 20.1 Å². The van der Waals surface area contributed by atoms with E-state index in [9.17, 15) is 14.4 Å². The van der Waals surface area contributed by atoms with E-state index >= 15 is 0 Å². The molecule has 0 aromatic rings. The van der Waals surface area contributed by atoms with Crippen molar-refractivity contribution in [3.8, 4) is 0 Å². The second-order valence-corrected chi connectivity index (χ2v) is 6.28. The molecule has 0 unspecified atom stereocenters. The first-order valence-electron chi connectivity index (χ1n) is 8.08. The Bertz CT molecular complexity index is 390. The fourth-order valence-electron chi connectivity index (χ4n) is 1.73. The molecule has 0 saturated carbocycles. The van der Waals surface area contributed by atoms with Crippen LogP contribution in [-0.2, 0) is 19.1 Å². The van der Waals surface area contributed by atoms with Crippen molar-refractivity contribution in [3.05, 3.63) is 0 Å². The van der Waals surface area contributed by atoms with E-state index in [-0.39, 0.29) is 5.91 Å². The number of hydrogen-bond acceptors (Lipinski definition) is 5. The number of esters is 1. The zero-order chi connectivity index (χ0) is 17.9. The highest BCUT2D eigenvalue weighted by atomic mass is 16.6. The zero-order valence-corrected chi connectivity index (χ0v) is 14.9. The average Bonchev–Trinajstić information content (AvgIpc) is 2.40. The van der Waals surface area contributed by atoms with Crippen LogP contribution in [0, 0.1) is 0 Å². The van der Waals surface area contributed by atoms with Gasteiger partial charge in [0, 0.05) is 13.0 Å². The number of carbonyl (C=O) groups is 3. The van der Waals surface area contributed by atoms with Gasteiger partial charge in [-0.3, -0.25) is 4.79 Å². The fraction of sp³-hybridized carbons (Fsp3) is 0.812. The molecule has 7 heteroatoms. The summed E-state index contributed by atoms with van der Waals surface area (Å²) in [6, 6.07) is -0.628. The molecule has 0 spiro atoms. The average molecular weight is 330 g/mol. The zero-order valence-electron chi connectivity index (χ0n) is 14.9. The third-order valence-corrected chi connectivity index (χ3v) is 2.77. The van der Waals surface area contributed by atoms with Gasteiger partial charge in [0.15, 0.2) is 0 Å². The Hall–Kier alpha value is -1.79. The van der Waals surface area contributed by atoms with Crippen LogP contribution in [-0.4, -0.2) is 42.8 Å². The standard InChI is InChI=1S/C16H30N2O5/c1-6-22-14(20)12(2)18-13(19)10-8-7-9-11-17-15(21)23-16(3,4)5/h12H,6-11H2,1-5H3,(H,17,21)(H,18,19)/t12-/m0/s1. The van der Waals surface area contributed by atoms with E-state index < -0.39 is 23.7 Å². The molecule has 0 radical (unpaired) electrons. The van der Waals surface area contributed by atoms with Gasteiger partial charge in [-0.2, -0.15) is 0 Å². The second kappa shape index (κ2) is 10.9. The van der Waals surface area contributed by atoms with Gasteiger partial charge in [0.05, 0.1) is 6.61 Å². The summed E-state index contributed by atoms with van der Waals surface area (Å²) in [5.74, 6) is -0.604. The van der Waals surface area contributed by atoms with Crippen molar-refractivity contribution in [2.45, 2.75) is 71.9 Å². The van der Waals surface area contributed by atoms with Crippen molar-refractivity contribution in [2.75, 3.05) is 13.2 Å².